The maximum Gasteiger partial charge on any atom is 0.102 e. The predicted octanol–water partition coefficient (Wildman–Crippen LogP) is 3.93. The van der Waals surface area contributed by atoms with Crippen molar-refractivity contribution >= 4 is 35.3 Å². The highest BCUT2D eigenvalue weighted by Crippen LogP contribution is 2.36. The first kappa shape index (κ1) is 17.7. The van der Waals surface area contributed by atoms with Crippen LogP contribution in [0.5, 0.6) is 0 Å². The Morgan fingerprint density at radius 1 is 1.19 bits per heavy atom. The summed E-state index contributed by atoms with van der Waals surface area (Å²) >= 11 is 1.85. The molecule has 0 fully saturated rings. The van der Waals surface area contributed by atoms with Crippen LogP contribution < -0.4 is 0 Å². The molecule has 0 amide bonds. The maximum absolute atomic E-state index is 4.76. The average molecular weight is 325 g/mol. The lowest BCUT2D eigenvalue weighted by atomic mass is 10.0. The molecule has 1 atom stereocenters. The first-order chi connectivity index (χ1) is 9.16. The highest BCUT2D eigenvalue weighted by atomic mass is 35.5. The fourth-order valence-electron chi connectivity index (χ4n) is 2.61. The van der Waals surface area contributed by atoms with Crippen LogP contribution in [0.15, 0.2) is 40.7 Å². The van der Waals surface area contributed by atoms with Gasteiger partial charge >= 0.3 is 0 Å². The van der Waals surface area contributed by atoms with E-state index < -0.39 is 0 Å². The van der Waals surface area contributed by atoms with Gasteiger partial charge in [0, 0.05) is 11.9 Å². The van der Waals surface area contributed by atoms with E-state index in [0.717, 1.165) is 17.9 Å². The quantitative estimate of drug-likeness (QED) is 0.784. The number of aliphatic imine (C=N–C) groups is 1. The minimum Gasteiger partial charge on any atom is -0.412 e. The summed E-state index contributed by atoms with van der Waals surface area (Å²) in [6.45, 7) is 4.29. The second-order valence-electron chi connectivity index (χ2n) is 5.09. The van der Waals surface area contributed by atoms with Crippen LogP contribution in [0.2, 0.25) is 0 Å². The van der Waals surface area contributed by atoms with Crippen molar-refractivity contribution in [3.63, 3.8) is 0 Å². The van der Waals surface area contributed by atoms with Gasteiger partial charge in [0.1, 0.15) is 5.84 Å². The molecule has 0 aliphatic carbocycles. The predicted molar refractivity (Wildman–Crippen MR) is 93.3 cm³/mol. The van der Waals surface area contributed by atoms with Crippen LogP contribution in [0, 0.1) is 6.92 Å². The zero-order chi connectivity index (χ0) is 13.4. The van der Waals surface area contributed by atoms with Crippen molar-refractivity contribution in [2.24, 2.45) is 4.99 Å². The topological polar surface area (TPSA) is 47.1 Å². The van der Waals surface area contributed by atoms with Gasteiger partial charge in [-0.05, 0) is 48.9 Å². The molecule has 0 saturated heterocycles. The molecule has 2 N–H and O–H groups in total. The Morgan fingerprint density at radius 3 is 2.57 bits per heavy atom. The number of hydrogen-bond donors (Lipinski definition) is 0. The molecular weight excluding hydrogens is 304 g/mol. The van der Waals surface area contributed by atoms with Crippen LogP contribution in [0.1, 0.15) is 29.0 Å². The van der Waals surface area contributed by atoms with Crippen molar-refractivity contribution < 1.29 is 5.48 Å². The molecule has 0 saturated carbocycles. The van der Waals surface area contributed by atoms with Gasteiger partial charge < -0.3 is 10.4 Å². The summed E-state index contributed by atoms with van der Waals surface area (Å²) < 4.78 is 0. The molecule has 1 aromatic carbocycles. The number of likely N-dealkylation sites (N-methyl/N-ethyl adjacent to an activating group) is 1. The highest BCUT2D eigenvalue weighted by molar-refractivity contribution is 7.10. The molecule has 114 valence electrons. The number of aryl methyl sites for hydroxylation is 1. The lowest BCUT2D eigenvalue weighted by molar-refractivity contribution is 0.378. The number of hydrogen-bond acceptors (Lipinski definition) is 3. The number of amidine groups is 1. The normalized spacial score (nSPS) is 17.0. The minimum atomic E-state index is 0. The van der Waals surface area contributed by atoms with E-state index in [4.69, 9.17) is 4.99 Å². The van der Waals surface area contributed by atoms with Gasteiger partial charge in [0.05, 0.1) is 11.7 Å². The molecule has 0 radical (unpaired) electrons. The summed E-state index contributed by atoms with van der Waals surface area (Å²) in [5, 5.41) is 2.18. The number of para-hydroxylation sites is 1. The summed E-state index contributed by atoms with van der Waals surface area (Å²) in [5.74, 6) is 1.09. The molecule has 1 aromatic heterocycles. The summed E-state index contributed by atoms with van der Waals surface area (Å²) in [7, 11) is 2.15. The third kappa shape index (κ3) is 3.28. The highest BCUT2D eigenvalue weighted by Gasteiger charge is 2.25. The van der Waals surface area contributed by atoms with Crippen LogP contribution in [0.4, 0.5) is 5.69 Å². The SMILES string of the molecule is CC1=Nc2ccccc2CC(c2sccc2C)N1C.Cl.O. The summed E-state index contributed by atoms with van der Waals surface area (Å²) in [6, 6.07) is 11.1. The molecule has 2 heterocycles. The van der Waals surface area contributed by atoms with Crippen molar-refractivity contribution in [2.45, 2.75) is 26.3 Å². The molecule has 0 spiro atoms. The Bertz CT molecular complexity index is 639. The Hall–Kier alpha value is -1.36. The van der Waals surface area contributed by atoms with Crippen molar-refractivity contribution in [3.05, 3.63) is 51.7 Å². The minimum absolute atomic E-state index is 0. The van der Waals surface area contributed by atoms with Crippen LogP contribution in [0.3, 0.4) is 0 Å². The first-order valence-electron chi connectivity index (χ1n) is 6.57. The Labute approximate surface area is 136 Å². The monoisotopic (exact) mass is 324 g/mol. The van der Waals surface area contributed by atoms with E-state index in [1.807, 2.05) is 11.3 Å². The standard InChI is InChI=1S/C16H18N2S.ClH.H2O/c1-11-8-9-19-16(11)15-10-13-6-4-5-7-14(13)17-12(2)18(15)3;;/h4-9,15H,10H2,1-3H3;1H;1H2. The molecule has 1 unspecified atom stereocenters. The summed E-state index contributed by atoms with van der Waals surface area (Å²) in [5.41, 5.74) is 3.83. The number of nitrogens with zero attached hydrogens (tertiary/aromatic N) is 2. The van der Waals surface area contributed by atoms with Gasteiger partial charge in [-0.2, -0.15) is 0 Å². The number of thiophene rings is 1. The third-order valence-electron chi connectivity index (χ3n) is 3.87. The van der Waals surface area contributed by atoms with Crippen LogP contribution in [0.25, 0.3) is 0 Å². The van der Waals surface area contributed by atoms with E-state index in [1.54, 1.807) is 0 Å². The molecule has 5 heteroatoms. The number of fused-ring (bicyclic) bond motifs is 1. The largest absolute Gasteiger partial charge is 0.412 e. The van der Waals surface area contributed by atoms with E-state index in [-0.39, 0.29) is 17.9 Å². The van der Waals surface area contributed by atoms with Gasteiger partial charge in [-0.1, -0.05) is 18.2 Å². The van der Waals surface area contributed by atoms with Gasteiger partial charge in [0.25, 0.3) is 0 Å². The van der Waals surface area contributed by atoms with Crippen molar-refractivity contribution in [1.29, 1.82) is 0 Å². The van der Waals surface area contributed by atoms with E-state index in [0.29, 0.717) is 6.04 Å². The fraction of sp³-hybridized carbons (Fsp3) is 0.312. The number of halogens is 1. The lowest BCUT2D eigenvalue weighted by Crippen LogP contribution is -2.29. The van der Waals surface area contributed by atoms with E-state index >= 15 is 0 Å². The number of benzene rings is 1. The molecule has 1 aliphatic heterocycles. The van der Waals surface area contributed by atoms with Gasteiger partial charge in [-0.3, -0.25) is 0 Å². The molecule has 2 aromatic rings. The Balaban J connectivity index is 0.00000110. The van der Waals surface area contributed by atoms with Crippen LogP contribution in [-0.4, -0.2) is 23.3 Å². The Kier molecular flexibility index (Phi) is 5.96. The third-order valence-corrected chi connectivity index (χ3v) is 4.99. The van der Waals surface area contributed by atoms with Crippen molar-refractivity contribution in [2.75, 3.05) is 7.05 Å². The zero-order valence-electron chi connectivity index (χ0n) is 12.5. The van der Waals surface area contributed by atoms with Crippen LogP contribution in [-0.2, 0) is 6.42 Å². The van der Waals surface area contributed by atoms with Crippen molar-refractivity contribution in [3.8, 4) is 0 Å². The fourth-order valence-corrected chi connectivity index (χ4v) is 3.68. The summed E-state index contributed by atoms with van der Waals surface area (Å²) in [6.07, 6.45) is 1.02. The second kappa shape index (κ2) is 7.07. The first-order valence-corrected chi connectivity index (χ1v) is 7.45. The van der Waals surface area contributed by atoms with Gasteiger partial charge in [0.15, 0.2) is 0 Å². The van der Waals surface area contributed by atoms with Crippen LogP contribution >= 0.6 is 23.7 Å². The molecular formula is C16H21ClN2OS. The molecule has 3 nitrogen and oxygen atoms in total. The molecule has 3 rings (SSSR count). The van der Waals surface area contributed by atoms with E-state index in [9.17, 15) is 0 Å². The smallest absolute Gasteiger partial charge is 0.102 e. The second-order valence-corrected chi connectivity index (χ2v) is 6.03. The molecule has 1 aliphatic rings. The molecule has 0 bridgehead atoms. The van der Waals surface area contributed by atoms with Gasteiger partial charge in [-0.25, -0.2) is 4.99 Å². The maximum atomic E-state index is 4.76. The average Bonchev–Trinajstić information content (AvgIpc) is 2.77. The lowest BCUT2D eigenvalue weighted by Gasteiger charge is -2.27. The number of rotatable bonds is 1. The van der Waals surface area contributed by atoms with Gasteiger partial charge in [0.2, 0.25) is 0 Å². The summed E-state index contributed by atoms with van der Waals surface area (Å²) in [4.78, 5) is 8.51. The zero-order valence-corrected chi connectivity index (χ0v) is 14.1. The Morgan fingerprint density at radius 2 is 1.90 bits per heavy atom. The van der Waals surface area contributed by atoms with Gasteiger partial charge in [-0.15, -0.1) is 23.7 Å². The van der Waals surface area contributed by atoms with E-state index in [1.165, 1.54) is 16.0 Å². The molecule has 21 heavy (non-hydrogen) atoms. The van der Waals surface area contributed by atoms with E-state index in [2.05, 4.69) is 61.5 Å². The van der Waals surface area contributed by atoms with Crippen molar-refractivity contribution in [1.82, 2.24) is 4.90 Å².